The first-order chi connectivity index (χ1) is 19.8. The van der Waals surface area contributed by atoms with E-state index in [2.05, 4.69) is 26.0 Å². The van der Waals surface area contributed by atoms with Gasteiger partial charge in [0.05, 0.1) is 12.5 Å². The highest BCUT2D eigenvalue weighted by molar-refractivity contribution is 5.61. The SMILES string of the molecule is CCCCCCCCCCCCCCC=CC=COC(=O)OC=CC=CCCCCCCCCCCCCCC. The highest BCUT2D eigenvalue weighted by Gasteiger charge is 1.97. The minimum atomic E-state index is -0.712. The molecule has 3 heteroatoms. The molecule has 0 atom stereocenters. The van der Waals surface area contributed by atoms with E-state index in [-0.39, 0.29) is 0 Å². The Kier molecular flexibility index (Phi) is 33.7. The Morgan fingerprint density at radius 2 is 0.675 bits per heavy atom. The van der Waals surface area contributed by atoms with E-state index >= 15 is 0 Å². The van der Waals surface area contributed by atoms with Crippen molar-refractivity contribution in [2.24, 2.45) is 0 Å². The van der Waals surface area contributed by atoms with Crippen LogP contribution in [0.25, 0.3) is 0 Å². The zero-order valence-electron chi connectivity index (χ0n) is 26.7. The lowest BCUT2D eigenvalue weighted by Crippen LogP contribution is -1.97. The number of hydrogen-bond acceptors (Lipinski definition) is 3. The molecule has 3 nitrogen and oxygen atoms in total. The number of allylic oxidation sites excluding steroid dienone is 6. The van der Waals surface area contributed by atoms with Gasteiger partial charge in [-0.05, 0) is 37.8 Å². The molecule has 0 aromatic heterocycles. The molecule has 0 aromatic rings. The van der Waals surface area contributed by atoms with Crippen molar-refractivity contribution in [2.75, 3.05) is 0 Å². The molecule has 0 rings (SSSR count). The molecule has 0 fully saturated rings. The van der Waals surface area contributed by atoms with Crippen molar-refractivity contribution in [1.82, 2.24) is 0 Å². The van der Waals surface area contributed by atoms with Crippen LogP contribution in [-0.2, 0) is 9.47 Å². The Balaban J connectivity index is 3.41. The first kappa shape index (κ1) is 38.2. The number of hydrogen-bond donors (Lipinski definition) is 0. The van der Waals surface area contributed by atoms with Gasteiger partial charge in [0.1, 0.15) is 0 Å². The Hall–Kier alpha value is -1.77. The summed E-state index contributed by atoms with van der Waals surface area (Å²) in [6.07, 6.45) is 48.7. The van der Waals surface area contributed by atoms with Crippen LogP contribution in [0.2, 0.25) is 0 Å². The third-order valence-electron chi connectivity index (χ3n) is 7.43. The highest BCUT2D eigenvalue weighted by Crippen LogP contribution is 2.14. The molecule has 0 N–H and O–H groups in total. The number of ether oxygens (including phenoxy) is 2. The van der Waals surface area contributed by atoms with E-state index in [1.807, 2.05) is 12.2 Å². The number of unbranched alkanes of at least 4 members (excludes halogenated alkanes) is 24. The minimum absolute atomic E-state index is 0.712. The number of carbonyl (C=O) groups excluding carboxylic acids is 1. The smallest absolute Gasteiger partial charge is 0.403 e. The van der Waals surface area contributed by atoms with Crippen LogP contribution in [0.15, 0.2) is 49.0 Å². The van der Waals surface area contributed by atoms with Gasteiger partial charge >= 0.3 is 6.16 Å². The molecule has 0 radical (unpaired) electrons. The molecule has 0 saturated carbocycles. The molecule has 0 bridgehead atoms. The molecule has 0 spiro atoms. The fourth-order valence-electron chi connectivity index (χ4n) is 4.86. The van der Waals surface area contributed by atoms with Crippen LogP contribution in [0, 0.1) is 0 Å². The van der Waals surface area contributed by atoms with Crippen molar-refractivity contribution >= 4 is 6.16 Å². The molecule has 40 heavy (non-hydrogen) atoms. The summed E-state index contributed by atoms with van der Waals surface area (Å²) in [6.45, 7) is 4.55. The summed E-state index contributed by atoms with van der Waals surface area (Å²) in [6, 6.07) is 0. The third-order valence-corrected chi connectivity index (χ3v) is 7.43. The van der Waals surface area contributed by atoms with E-state index in [0.29, 0.717) is 0 Å². The molecule has 0 aromatic carbocycles. The average Bonchev–Trinajstić information content (AvgIpc) is 2.96. The number of carbonyl (C=O) groups is 1. The molecular formula is C37H66O3. The predicted molar refractivity (Wildman–Crippen MR) is 176 cm³/mol. The summed E-state index contributed by atoms with van der Waals surface area (Å²) in [7, 11) is 0. The van der Waals surface area contributed by atoms with E-state index in [9.17, 15) is 4.79 Å². The maximum absolute atomic E-state index is 11.6. The molecule has 0 unspecified atom stereocenters. The Bertz CT molecular complexity index is 565. The van der Waals surface area contributed by atoms with Gasteiger partial charge in [0, 0.05) is 0 Å². The highest BCUT2D eigenvalue weighted by atomic mass is 16.7. The first-order valence-corrected chi connectivity index (χ1v) is 17.3. The van der Waals surface area contributed by atoms with E-state index < -0.39 is 6.16 Å². The maximum atomic E-state index is 11.6. The van der Waals surface area contributed by atoms with Gasteiger partial charge < -0.3 is 9.47 Å². The monoisotopic (exact) mass is 559 g/mol. The molecular weight excluding hydrogens is 492 g/mol. The van der Waals surface area contributed by atoms with Crippen LogP contribution in [0.1, 0.15) is 181 Å². The Morgan fingerprint density at radius 3 is 0.975 bits per heavy atom. The molecule has 0 amide bonds. The van der Waals surface area contributed by atoms with Gasteiger partial charge in [-0.15, -0.1) is 0 Å². The quantitative estimate of drug-likeness (QED) is 0.0380. The second kappa shape index (κ2) is 35.3. The van der Waals surface area contributed by atoms with Gasteiger partial charge in [0.2, 0.25) is 0 Å². The van der Waals surface area contributed by atoms with Crippen molar-refractivity contribution in [3.63, 3.8) is 0 Å². The summed E-state index contributed by atoms with van der Waals surface area (Å²) < 4.78 is 9.84. The third kappa shape index (κ3) is 34.3. The van der Waals surface area contributed by atoms with Gasteiger partial charge in [-0.2, -0.15) is 0 Å². The lowest BCUT2D eigenvalue weighted by molar-refractivity contribution is 0.119. The molecule has 0 saturated heterocycles. The van der Waals surface area contributed by atoms with Crippen LogP contribution in [0.3, 0.4) is 0 Å². The first-order valence-electron chi connectivity index (χ1n) is 17.3. The lowest BCUT2D eigenvalue weighted by Gasteiger charge is -2.02. The number of rotatable bonds is 30. The van der Waals surface area contributed by atoms with Gasteiger partial charge in [-0.1, -0.05) is 179 Å². The largest absolute Gasteiger partial charge is 0.518 e. The van der Waals surface area contributed by atoms with Crippen molar-refractivity contribution in [1.29, 1.82) is 0 Å². The van der Waals surface area contributed by atoms with Crippen molar-refractivity contribution in [2.45, 2.75) is 181 Å². The van der Waals surface area contributed by atoms with Gasteiger partial charge in [-0.3, -0.25) is 0 Å². The molecule has 232 valence electrons. The average molecular weight is 559 g/mol. The van der Waals surface area contributed by atoms with Crippen LogP contribution in [0.5, 0.6) is 0 Å². The van der Waals surface area contributed by atoms with Gasteiger partial charge in [0.25, 0.3) is 0 Å². The lowest BCUT2D eigenvalue weighted by atomic mass is 10.0. The fourth-order valence-corrected chi connectivity index (χ4v) is 4.86. The fraction of sp³-hybridized carbons (Fsp3) is 0.757. The standard InChI is InChI=1S/C37H66O3/c1-3-5-7-9-11-13-15-17-19-21-23-25-27-29-31-33-35-39-37(38)40-36-34-32-30-28-26-24-22-20-18-16-14-12-10-8-6-4-2/h29-36H,3-28H2,1-2H3. The van der Waals surface area contributed by atoms with Crippen molar-refractivity contribution < 1.29 is 14.3 Å². The summed E-state index contributed by atoms with van der Waals surface area (Å²) in [5, 5.41) is 0. The topological polar surface area (TPSA) is 35.5 Å². The summed E-state index contributed by atoms with van der Waals surface area (Å²) in [5.41, 5.74) is 0. The van der Waals surface area contributed by atoms with Crippen molar-refractivity contribution in [3.05, 3.63) is 49.0 Å². The summed E-state index contributed by atoms with van der Waals surface area (Å²) in [4.78, 5) is 11.6. The van der Waals surface area contributed by atoms with E-state index in [0.717, 1.165) is 12.8 Å². The van der Waals surface area contributed by atoms with Crippen LogP contribution < -0.4 is 0 Å². The second-order valence-corrected chi connectivity index (χ2v) is 11.4. The molecule has 0 aliphatic rings. The summed E-state index contributed by atoms with van der Waals surface area (Å²) in [5.74, 6) is 0. The molecule has 0 heterocycles. The zero-order valence-corrected chi connectivity index (χ0v) is 26.7. The predicted octanol–water partition coefficient (Wildman–Crippen LogP) is 13.5. The second-order valence-electron chi connectivity index (χ2n) is 11.4. The van der Waals surface area contributed by atoms with Crippen LogP contribution >= 0.6 is 0 Å². The molecule has 0 aliphatic carbocycles. The van der Waals surface area contributed by atoms with Gasteiger partial charge in [0.15, 0.2) is 0 Å². The van der Waals surface area contributed by atoms with Crippen LogP contribution in [-0.4, -0.2) is 6.16 Å². The Labute approximate surface area is 250 Å². The molecule has 0 aliphatic heterocycles. The summed E-state index contributed by atoms with van der Waals surface area (Å²) >= 11 is 0. The maximum Gasteiger partial charge on any atom is 0.518 e. The van der Waals surface area contributed by atoms with Gasteiger partial charge in [-0.25, -0.2) is 4.79 Å². The van der Waals surface area contributed by atoms with E-state index in [1.165, 1.54) is 167 Å². The zero-order chi connectivity index (χ0) is 29.0. The van der Waals surface area contributed by atoms with Crippen LogP contribution in [0.4, 0.5) is 4.79 Å². The normalized spacial score (nSPS) is 12.1. The van der Waals surface area contributed by atoms with E-state index in [1.54, 1.807) is 12.2 Å². The van der Waals surface area contributed by atoms with Crippen molar-refractivity contribution in [3.8, 4) is 0 Å². The minimum Gasteiger partial charge on any atom is -0.403 e. The van der Waals surface area contributed by atoms with E-state index in [4.69, 9.17) is 9.47 Å². The Morgan fingerprint density at radius 1 is 0.400 bits per heavy atom.